The molecule has 1 amide bonds. The minimum absolute atomic E-state index is 0.0844. The van der Waals surface area contributed by atoms with Gasteiger partial charge < -0.3 is 4.90 Å². The van der Waals surface area contributed by atoms with E-state index in [2.05, 4.69) is 40.8 Å². The van der Waals surface area contributed by atoms with Crippen molar-refractivity contribution in [3.8, 4) is 0 Å². The van der Waals surface area contributed by atoms with Crippen LogP contribution < -0.4 is 4.90 Å². The normalized spacial score (nSPS) is 14.2. The summed E-state index contributed by atoms with van der Waals surface area (Å²) in [5.74, 6) is 0.0844. The number of rotatable bonds is 1. The maximum absolute atomic E-state index is 12.1. The Morgan fingerprint density at radius 3 is 2.82 bits per heavy atom. The van der Waals surface area contributed by atoms with Crippen molar-refractivity contribution in [1.82, 2.24) is 0 Å². The molecule has 0 saturated carbocycles. The van der Waals surface area contributed by atoms with Crippen molar-refractivity contribution in [1.29, 1.82) is 0 Å². The van der Waals surface area contributed by atoms with Crippen LogP contribution in [0, 0.1) is 0 Å². The summed E-state index contributed by atoms with van der Waals surface area (Å²) in [7, 11) is 1.82. The summed E-state index contributed by atoms with van der Waals surface area (Å²) in [5, 5.41) is 2.22. The van der Waals surface area contributed by atoms with Gasteiger partial charge in [-0.3, -0.25) is 4.79 Å². The molecule has 3 heteroatoms. The summed E-state index contributed by atoms with van der Waals surface area (Å²) in [5.41, 5.74) is 2.97. The number of halogens is 1. The molecule has 0 radical (unpaired) electrons. The number of amides is 1. The molecule has 0 spiro atoms. The lowest BCUT2D eigenvalue weighted by molar-refractivity contribution is 0.0999. The second-order valence-electron chi connectivity index (χ2n) is 4.06. The second kappa shape index (κ2) is 3.84. The third kappa shape index (κ3) is 1.42. The highest BCUT2D eigenvalue weighted by Crippen LogP contribution is 2.38. The number of benzene rings is 2. The Morgan fingerprint density at radius 1 is 1.24 bits per heavy atom. The highest BCUT2D eigenvalue weighted by molar-refractivity contribution is 14.1. The van der Waals surface area contributed by atoms with Crippen LogP contribution in [-0.2, 0) is 0 Å². The summed E-state index contributed by atoms with van der Waals surface area (Å²) < 4.78 is 1.99. The molecule has 2 aromatic carbocycles. The first-order valence-corrected chi connectivity index (χ1v) is 6.59. The lowest BCUT2D eigenvalue weighted by atomic mass is 10.0. The molecule has 1 aliphatic rings. The first-order valence-electron chi connectivity index (χ1n) is 5.34. The van der Waals surface area contributed by atoms with E-state index in [0.29, 0.717) is 0 Å². The molecular weight excluding hydrogens is 325 g/mol. The van der Waals surface area contributed by atoms with Crippen LogP contribution in [0.3, 0.4) is 0 Å². The Bertz CT molecular complexity index is 661. The molecule has 3 rings (SSSR count). The van der Waals surface area contributed by atoms with Gasteiger partial charge >= 0.3 is 0 Å². The van der Waals surface area contributed by atoms with E-state index < -0.39 is 0 Å². The van der Waals surface area contributed by atoms with Gasteiger partial charge in [0.2, 0.25) is 0 Å². The minimum atomic E-state index is 0.0844. The minimum Gasteiger partial charge on any atom is -0.311 e. The number of hydrogen-bond acceptors (Lipinski definition) is 1. The molecule has 17 heavy (non-hydrogen) atoms. The first kappa shape index (κ1) is 10.8. The molecule has 0 aliphatic carbocycles. The van der Waals surface area contributed by atoms with Crippen LogP contribution in [0.2, 0.25) is 0 Å². The zero-order valence-electron chi connectivity index (χ0n) is 9.27. The van der Waals surface area contributed by atoms with Gasteiger partial charge in [-0.1, -0.05) is 40.8 Å². The molecule has 0 bridgehead atoms. The number of carbonyl (C=O) groups is 1. The van der Waals surface area contributed by atoms with Gasteiger partial charge in [0.25, 0.3) is 5.91 Å². The monoisotopic (exact) mass is 335 g/mol. The quantitative estimate of drug-likeness (QED) is 0.725. The van der Waals surface area contributed by atoms with Gasteiger partial charge in [0, 0.05) is 18.0 Å². The Hall–Kier alpha value is -1.36. The van der Waals surface area contributed by atoms with Crippen molar-refractivity contribution in [2.24, 2.45) is 0 Å². The van der Waals surface area contributed by atoms with Gasteiger partial charge in [-0.15, -0.1) is 0 Å². The lowest BCUT2D eigenvalue weighted by Crippen LogP contribution is -2.20. The van der Waals surface area contributed by atoms with Crippen LogP contribution in [0.1, 0.15) is 15.9 Å². The Morgan fingerprint density at radius 2 is 2.06 bits per heavy atom. The smallest absolute Gasteiger partial charge is 0.258 e. The van der Waals surface area contributed by atoms with Crippen molar-refractivity contribution in [3.05, 3.63) is 45.5 Å². The van der Waals surface area contributed by atoms with Crippen molar-refractivity contribution in [2.45, 2.75) is 0 Å². The number of nitrogens with zero attached hydrogens (tertiary/aromatic N) is 1. The highest BCUT2D eigenvalue weighted by Gasteiger charge is 2.26. The number of hydrogen-bond donors (Lipinski definition) is 0. The Kier molecular flexibility index (Phi) is 2.43. The molecule has 1 heterocycles. The van der Waals surface area contributed by atoms with Crippen molar-refractivity contribution >= 4 is 51.0 Å². The Labute approximate surface area is 113 Å². The van der Waals surface area contributed by atoms with E-state index >= 15 is 0 Å². The first-order chi connectivity index (χ1) is 8.24. The fourth-order valence-corrected chi connectivity index (χ4v) is 2.76. The molecule has 2 aromatic rings. The van der Waals surface area contributed by atoms with Gasteiger partial charge in [-0.2, -0.15) is 0 Å². The maximum Gasteiger partial charge on any atom is 0.258 e. The predicted octanol–water partition coefficient (Wildman–Crippen LogP) is 3.84. The molecule has 0 N–H and O–H groups in total. The molecule has 0 unspecified atom stereocenters. The average molecular weight is 335 g/mol. The predicted molar refractivity (Wildman–Crippen MR) is 79.7 cm³/mol. The average Bonchev–Trinajstić information content (AvgIpc) is 2.60. The maximum atomic E-state index is 12.1. The van der Waals surface area contributed by atoms with Crippen molar-refractivity contribution in [2.75, 3.05) is 11.9 Å². The van der Waals surface area contributed by atoms with Crippen LogP contribution in [0.5, 0.6) is 0 Å². The zero-order chi connectivity index (χ0) is 12.0. The van der Waals surface area contributed by atoms with Crippen LogP contribution in [-0.4, -0.2) is 13.0 Å². The van der Waals surface area contributed by atoms with Gasteiger partial charge in [-0.05, 0) is 33.2 Å². The van der Waals surface area contributed by atoms with Gasteiger partial charge in [-0.25, -0.2) is 0 Å². The summed E-state index contributed by atoms with van der Waals surface area (Å²) in [6.45, 7) is 0. The fraction of sp³-hybridized carbons (Fsp3) is 0.0714. The molecule has 0 atom stereocenters. The Balaban J connectivity index is 2.46. The molecule has 0 fully saturated rings. The molecular formula is C14H10INO. The van der Waals surface area contributed by atoms with Crippen molar-refractivity contribution < 1.29 is 4.79 Å². The fourth-order valence-electron chi connectivity index (χ4n) is 2.37. The SMILES string of the molecule is CN1C(=O)c2cccc3c(/C=C/I)ccc1c23. The summed E-state index contributed by atoms with van der Waals surface area (Å²) in [6.07, 6.45) is 2.06. The molecule has 0 aromatic heterocycles. The molecule has 0 saturated heterocycles. The van der Waals surface area contributed by atoms with Gasteiger partial charge in [0.1, 0.15) is 0 Å². The summed E-state index contributed by atoms with van der Waals surface area (Å²) in [6, 6.07) is 9.99. The van der Waals surface area contributed by atoms with Crippen molar-refractivity contribution in [3.63, 3.8) is 0 Å². The third-order valence-corrected chi connectivity index (χ3v) is 3.55. The molecule has 2 nitrogen and oxygen atoms in total. The van der Waals surface area contributed by atoms with Crippen LogP contribution in [0.4, 0.5) is 5.69 Å². The largest absolute Gasteiger partial charge is 0.311 e. The molecule has 1 aliphatic heterocycles. The number of carbonyl (C=O) groups excluding carboxylic acids is 1. The van der Waals surface area contributed by atoms with Crippen LogP contribution in [0.15, 0.2) is 34.4 Å². The topological polar surface area (TPSA) is 20.3 Å². The summed E-state index contributed by atoms with van der Waals surface area (Å²) >= 11 is 2.21. The van der Waals surface area contributed by atoms with Crippen LogP contribution in [0.25, 0.3) is 16.8 Å². The third-order valence-electron chi connectivity index (χ3n) is 3.19. The van der Waals surface area contributed by atoms with Gasteiger partial charge in [0.05, 0.1) is 5.69 Å². The molecule has 84 valence electrons. The van der Waals surface area contributed by atoms with E-state index in [1.807, 2.05) is 29.3 Å². The lowest BCUT2D eigenvalue weighted by Gasteiger charge is -2.10. The zero-order valence-corrected chi connectivity index (χ0v) is 11.4. The van der Waals surface area contributed by atoms with E-state index in [-0.39, 0.29) is 5.91 Å². The van der Waals surface area contributed by atoms with Crippen LogP contribution >= 0.6 is 22.6 Å². The van der Waals surface area contributed by atoms with E-state index in [4.69, 9.17) is 0 Å². The van der Waals surface area contributed by atoms with Gasteiger partial charge in [0.15, 0.2) is 0 Å². The van der Waals surface area contributed by atoms with E-state index in [0.717, 1.165) is 27.6 Å². The standard InChI is InChI=1S/C14H10INO/c1-16-12-6-5-9(7-8-15)10-3-2-4-11(13(10)12)14(16)17/h2-8H,1H3/b8-7+. The second-order valence-corrected chi connectivity index (χ2v) is 4.78. The number of anilines is 1. The highest BCUT2D eigenvalue weighted by atomic mass is 127. The summed E-state index contributed by atoms with van der Waals surface area (Å²) in [4.78, 5) is 13.8. The van der Waals surface area contributed by atoms with E-state index in [1.165, 1.54) is 0 Å². The van der Waals surface area contributed by atoms with E-state index in [9.17, 15) is 4.79 Å². The van der Waals surface area contributed by atoms with E-state index in [1.54, 1.807) is 4.90 Å².